The number of ether oxygens (including phenoxy) is 3. The average Bonchev–Trinajstić information content (AvgIpc) is 3.64. The Morgan fingerprint density at radius 1 is 1.00 bits per heavy atom. The van der Waals surface area contributed by atoms with Crippen molar-refractivity contribution >= 4 is 11.9 Å². The number of hydrogen-bond donors (Lipinski definition) is 0. The first-order valence-corrected chi connectivity index (χ1v) is 14.6. The molecule has 0 amide bonds. The van der Waals surface area contributed by atoms with Crippen LogP contribution in [0.3, 0.4) is 0 Å². The molecule has 0 aromatic carbocycles. The molecule has 9 heteroatoms. The van der Waals surface area contributed by atoms with Gasteiger partial charge in [-0.15, -0.1) is 0 Å². The van der Waals surface area contributed by atoms with Crippen LogP contribution in [0, 0.1) is 28.6 Å². The molecule has 212 valence electrons. The zero-order chi connectivity index (χ0) is 27.9. The van der Waals surface area contributed by atoms with Crippen molar-refractivity contribution in [3.63, 3.8) is 0 Å². The number of esters is 2. The standard InChI is InChI=1S/C31H36N2O7/c1-17(34)38-21-8-10-29(2)20(12-21)5-6-23-22(29)9-11-30(3)25(18-4-7-24(35)37-15-18)26(27-31(23,30)40-27)39-28(36)19-13-32-16-33-14-19/h4,7,13-16,20-23,25-27H,5-6,8-12H2,1-3H3/t20-,21+,22+,23-,25+,26-,27-,29+,30-,31-/m1/s1. The Morgan fingerprint density at radius 2 is 1.80 bits per heavy atom. The van der Waals surface area contributed by atoms with Crippen molar-refractivity contribution in [2.24, 2.45) is 28.6 Å². The summed E-state index contributed by atoms with van der Waals surface area (Å²) < 4.78 is 24.0. The highest BCUT2D eigenvalue weighted by atomic mass is 16.7. The minimum absolute atomic E-state index is 0.0124. The molecule has 40 heavy (non-hydrogen) atoms. The lowest BCUT2D eigenvalue weighted by atomic mass is 9.44. The third-order valence-corrected chi connectivity index (χ3v) is 11.5. The van der Waals surface area contributed by atoms with Gasteiger partial charge in [0.1, 0.15) is 30.2 Å². The van der Waals surface area contributed by atoms with Gasteiger partial charge < -0.3 is 18.6 Å². The number of fused-ring (bicyclic) bond motifs is 3. The molecule has 4 saturated carbocycles. The summed E-state index contributed by atoms with van der Waals surface area (Å²) in [6, 6.07) is 3.26. The van der Waals surface area contributed by atoms with Gasteiger partial charge in [0.2, 0.25) is 0 Å². The molecule has 0 unspecified atom stereocenters. The van der Waals surface area contributed by atoms with Crippen LogP contribution in [0.1, 0.15) is 87.6 Å². The maximum Gasteiger partial charge on any atom is 0.341 e. The van der Waals surface area contributed by atoms with E-state index in [4.69, 9.17) is 18.6 Å². The fraction of sp³-hybridized carbons (Fsp3) is 0.645. The van der Waals surface area contributed by atoms with Crippen molar-refractivity contribution < 1.29 is 28.2 Å². The normalized spacial score (nSPS) is 42.9. The molecule has 1 aliphatic heterocycles. The van der Waals surface area contributed by atoms with E-state index in [0.717, 1.165) is 50.5 Å². The number of aromatic nitrogens is 2. The molecule has 0 N–H and O–H groups in total. The minimum atomic E-state index is -0.519. The molecule has 2 aromatic heterocycles. The summed E-state index contributed by atoms with van der Waals surface area (Å²) in [5.41, 5.74) is 0.199. The first-order chi connectivity index (χ1) is 19.2. The van der Waals surface area contributed by atoms with Crippen LogP contribution in [-0.4, -0.2) is 45.8 Å². The summed E-state index contributed by atoms with van der Waals surface area (Å²) in [6.07, 6.45) is 12.1. The van der Waals surface area contributed by atoms with Crippen LogP contribution >= 0.6 is 0 Å². The zero-order valence-electron chi connectivity index (χ0n) is 23.2. The first-order valence-electron chi connectivity index (χ1n) is 14.6. The Hall–Kier alpha value is -3.07. The molecule has 4 aliphatic carbocycles. The molecule has 5 aliphatic rings. The second kappa shape index (κ2) is 8.96. The average molecular weight is 549 g/mol. The van der Waals surface area contributed by atoms with Crippen LogP contribution in [0.2, 0.25) is 0 Å². The Labute approximate surface area is 233 Å². The van der Waals surface area contributed by atoms with Gasteiger partial charge in [0.25, 0.3) is 0 Å². The van der Waals surface area contributed by atoms with E-state index in [0.29, 0.717) is 23.3 Å². The largest absolute Gasteiger partial charge is 0.463 e. The summed E-state index contributed by atoms with van der Waals surface area (Å²) in [4.78, 5) is 44.7. The molecular weight excluding hydrogens is 512 g/mol. The lowest BCUT2D eigenvalue weighted by Crippen LogP contribution is -2.58. The monoisotopic (exact) mass is 548 g/mol. The van der Waals surface area contributed by atoms with Crippen molar-refractivity contribution in [2.75, 3.05) is 0 Å². The lowest BCUT2D eigenvalue weighted by Gasteiger charge is -2.61. The number of carbonyl (C=O) groups is 2. The summed E-state index contributed by atoms with van der Waals surface area (Å²) >= 11 is 0. The van der Waals surface area contributed by atoms with Gasteiger partial charge in [0, 0.05) is 36.7 Å². The Morgan fingerprint density at radius 3 is 2.52 bits per heavy atom. The second-order valence-electron chi connectivity index (χ2n) is 13.1. The molecule has 2 aromatic rings. The van der Waals surface area contributed by atoms with Gasteiger partial charge in [0.05, 0.1) is 11.8 Å². The van der Waals surface area contributed by atoms with Crippen molar-refractivity contribution in [3.8, 4) is 0 Å². The number of nitrogens with zero attached hydrogens (tertiary/aromatic N) is 2. The zero-order valence-corrected chi connectivity index (χ0v) is 23.2. The van der Waals surface area contributed by atoms with Crippen LogP contribution in [0.15, 0.2) is 46.3 Å². The van der Waals surface area contributed by atoms with Gasteiger partial charge >= 0.3 is 17.6 Å². The summed E-state index contributed by atoms with van der Waals surface area (Å²) in [7, 11) is 0. The van der Waals surface area contributed by atoms with Gasteiger partial charge in [-0.1, -0.05) is 13.8 Å². The quantitative estimate of drug-likeness (QED) is 0.403. The van der Waals surface area contributed by atoms with Gasteiger partial charge in [-0.05, 0) is 79.7 Å². The molecular formula is C31H36N2O7. The molecule has 10 atom stereocenters. The fourth-order valence-electron chi connectivity index (χ4n) is 9.83. The van der Waals surface area contributed by atoms with Gasteiger partial charge in [-0.25, -0.2) is 19.6 Å². The van der Waals surface area contributed by atoms with Crippen molar-refractivity contribution in [3.05, 3.63) is 58.7 Å². The van der Waals surface area contributed by atoms with E-state index in [2.05, 4.69) is 23.8 Å². The van der Waals surface area contributed by atoms with E-state index in [9.17, 15) is 14.4 Å². The maximum atomic E-state index is 13.3. The third-order valence-electron chi connectivity index (χ3n) is 11.5. The molecule has 5 fully saturated rings. The predicted molar refractivity (Wildman–Crippen MR) is 141 cm³/mol. The van der Waals surface area contributed by atoms with Crippen molar-refractivity contribution in [1.29, 1.82) is 0 Å². The Kier molecular flexibility index (Phi) is 5.80. The third kappa shape index (κ3) is 3.58. The van der Waals surface area contributed by atoms with Gasteiger partial charge in [-0.3, -0.25) is 4.79 Å². The highest BCUT2D eigenvalue weighted by molar-refractivity contribution is 5.88. The molecule has 9 nitrogen and oxygen atoms in total. The van der Waals surface area contributed by atoms with E-state index in [1.807, 2.05) is 6.07 Å². The van der Waals surface area contributed by atoms with Gasteiger partial charge in [-0.2, -0.15) is 0 Å². The lowest BCUT2D eigenvalue weighted by molar-refractivity contribution is -0.164. The highest BCUT2D eigenvalue weighted by Crippen LogP contribution is 2.78. The number of hydrogen-bond acceptors (Lipinski definition) is 9. The SMILES string of the molecule is CC(=O)O[C@H]1CC[C@@]2(C)[C@H](CC[C@@H]3[C@@H]2CC[C@]2(C)[C@@H](c4ccc(=O)oc4)[C@@H](OC(=O)c4cncnc4)[C@H]4O[C@]342)C1. The van der Waals surface area contributed by atoms with E-state index in [-0.39, 0.29) is 34.9 Å². The van der Waals surface area contributed by atoms with E-state index >= 15 is 0 Å². The summed E-state index contributed by atoms with van der Waals surface area (Å²) in [5.74, 6) is 0.489. The van der Waals surface area contributed by atoms with Crippen molar-refractivity contribution in [2.45, 2.75) is 95.5 Å². The first kappa shape index (κ1) is 25.9. The minimum Gasteiger partial charge on any atom is -0.463 e. The fourth-order valence-corrected chi connectivity index (χ4v) is 9.83. The van der Waals surface area contributed by atoms with Gasteiger partial charge in [0.15, 0.2) is 0 Å². The maximum absolute atomic E-state index is 13.3. The van der Waals surface area contributed by atoms with E-state index < -0.39 is 23.3 Å². The van der Waals surface area contributed by atoms with E-state index in [1.54, 1.807) is 0 Å². The van der Waals surface area contributed by atoms with Crippen LogP contribution in [-0.2, 0) is 19.0 Å². The topological polar surface area (TPSA) is 121 Å². The smallest absolute Gasteiger partial charge is 0.341 e. The summed E-state index contributed by atoms with van der Waals surface area (Å²) in [5, 5.41) is 0. The Balaban J connectivity index is 1.23. The summed E-state index contributed by atoms with van der Waals surface area (Å²) in [6.45, 7) is 6.23. The Bertz CT molecular complexity index is 1380. The molecule has 1 saturated heterocycles. The second-order valence-corrected chi connectivity index (χ2v) is 13.1. The van der Waals surface area contributed by atoms with Crippen molar-refractivity contribution in [1.82, 2.24) is 9.97 Å². The molecule has 7 rings (SSSR count). The number of rotatable bonds is 4. The molecule has 1 spiro atoms. The van der Waals surface area contributed by atoms with Crippen LogP contribution in [0.5, 0.6) is 0 Å². The van der Waals surface area contributed by atoms with Crippen LogP contribution in [0.25, 0.3) is 0 Å². The van der Waals surface area contributed by atoms with Crippen LogP contribution in [0.4, 0.5) is 0 Å². The van der Waals surface area contributed by atoms with Crippen LogP contribution < -0.4 is 5.63 Å². The number of epoxide rings is 1. The predicted octanol–water partition coefficient (Wildman–Crippen LogP) is 4.45. The highest BCUT2D eigenvalue weighted by Gasteiger charge is 2.84. The van der Waals surface area contributed by atoms with E-state index in [1.165, 1.54) is 38.0 Å². The molecule has 0 radical (unpaired) electrons. The molecule has 0 bridgehead atoms. The molecule has 3 heterocycles. The number of carbonyl (C=O) groups excluding carboxylic acids is 2.